The van der Waals surface area contributed by atoms with Crippen LogP contribution >= 0.6 is 0 Å². The average Bonchev–Trinajstić information content (AvgIpc) is 3.51. The number of fused-ring (bicyclic) bond motifs is 2. The zero-order valence-corrected chi connectivity index (χ0v) is 30.2. The summed E-state index contributed by atoms with van der Waals surface area (Å²) in [5.74, 6) is 0.327. The summed E-state index contributed by atoms with van der Waals surface area (Å²) >= 11 is 0. The van der Waals surface area contributed by atoms with Gasteiger partial charge < -0.3 is 19.3 Å². The molecule has 268 valence electrons. The molecule has 9 heteroatoms. The van der Waals surface area contributed by atoms with E-state index in [-0.39, 0.29) is 30.1 Å². The molecule has 5 fully saturated rings. The molecule has 3 saturated heterocycles. The van der Waals surface area contributed by atoms with Crippen LogP contribution in [0.4, 0.5) is 0 Å². The first-order chi connectivity index (χ1) is 23.9. The van der Waals surface area contributed by atoms with Gasteiger partial charge in [-0.1, -0.05) is 62.4 Å². The molecule has 7 rings (SSSR count). The van der Waals surface area contributed by atoms with E-state index in [1.807, 2.05) is 4.90 Å². The summed E-state index contributed by atoms with van der Waals surface area (Å²) in [7, 11) is 2.24. The van der Waals surface area contributed by atoms with Crippen molar-refractivity contribution in [3.05, 3.63) is 47.5 Å². The third-order valence-corrected chi connectivity index (χ3v) is 13.1. The molecule has 1 aromatic carbocycles. The quantitative estimate of drug-likeness (QED) is 0.390. The predicted molar refractivity (Wildman–Crippen MR) is 191 cm³/mol. The third-order valence-electron chi connectivity index (χ3n) is 13.1. The number of nitrogens with one attached hydrogen (secondary N) is 1. The van der Waals surface area contributed by atoms with Crippen LogP contribution in [0.25, 0.3) is 0 Å². The van der Waals surface area contributed by atoms with Crippen LogP contribution in [0.15, 0.2) is 30.9 Å². The first kappa shape index (κ1) is 35.1. The van der Waals surface area contributed by atoms with Gasteiger partial charge in [-0.3, -0.25) is 19.9 Å². The van der Waals surface area contributed by atoms with Crippen molar-refractivity contribution in [1.82, 2.24) is 24.9 Å². The number of nitriles is 1. The Kier molecular flexibility index (Phi) is 11.1. The maximum absolute atomic E-state index is 12.8. The molecule has 49 heavy (non-hydrogen) atoms. The highest BCUT2D eigenvalue weighted by Gasteiger charge is 2.55. The molecule has 1 amide bonds. The van der Waals surface area contributed by atoms with Gasteiger partial charge in [0, 0.05) is 50.1 Å². The third kappa shape index (κ3) is 7.52. The molecular formula is C40H60N6O3. The van der Waals surface area contributed by atoms with E-state index in [4.69, 9.17) is 9.47 Å². The van der Waals surface area contributed by atoms with Crippen LogP contribution in [0.3, 0.4) is 0 Å². The Morgan fingerprint density at radius 3 is 2.65 bits per heavy atom. The Labute approximate surface area is 294 Å². The second-order valence-electron chi connectivity index (χ2n) is 16.2. The van der Waals surface area contributed by atoms with Gasteiger partial charge in [-0.15, -0.1) is 0 Å². The topological polar surface area (TPSA) is 84.3 Å². The maximum atomic E-state index is 12.8. The van der Waals surface area contributed by atoms with Crippen molar-refractivity contribution in [3.63, 3.8) is 0 Å². The Balaban J connectivity index is 1.22. The van der Waals surface area contributed by atoms with Crippen LogP contribution < -0.4 is 5.32 Å². The second kappa shape index (κ2) is 15.5. The number of aryl methyl sites for hydroxylation is 1. The lowest BCUT2D eigenvalue weighted by atomic mass is 9.68. The molecule has 1 N–H and O–H groups in total. The van der Waals surface area contributed by atoms with Crippen LogP contribution in [-0.2, 0) is 27.3 Å². The normalized spacial score (nSPS) is 35.2. The Bertz CT molecular complexity index is 1360. The number of likely N-dealkylation sites (tertiary alicyclic amines) is 1. The lowest BCUT2D eigenvalue weighted by Gasteiger charge is -2.60. The van der Waals surface area contributed by atoms with E-state index in [0.29, 0.717) is 50.2 Å². The largest absolute Gasteiger partial charge is 0.370 e. The van der Waals surface area contributed by atoms with Gasteiger partial charge in [0.1, 0.15) is 0 Å². The highest BCUT2D eigenvalue weighted by Crippen LogP contribution is 2.48. The lowest BCUT2D eigenvalue weighted by molar-refractivity contribution is -0.221. The Morgan fingerprint density at radius 1 is 1.08 bits per heavy atom. The lowest BCUT2D eigenvalue weighted by Crippen LogP contribution is -2.75. The molecule has 0 bridgehead atoms. The second-order valence-corrected chi connectivity index (χ2v) is 16.2. The number of carbonyl (C=O) groups is 1. The molecule has 6 unspecified atom stereocenters. The number of piperazine rings is 1. The van der Waals surface area contributed by atoms with Gasteiger partial charge in [0.25, 0.3) is 0 Å². The molecule has 6 aliphatic rings. The van der Waals surface area contributed by atoms with Crippen molar-refractivity contribution in [3.8, 4) is 6.07 Å². The van der Waals surface area contributed by atoms with Crippen molar-refractivity contribution < 1.29 is 14.3 Å². The maximum Gasteiger partial charge on any atom is 0.246 e. The van der Waals surface area contributed by atoms with Gasteiger partial charge in [0.2, 0.25) is 5.91 Å². The van der Waals surface area contributed by atoms with Crippen molar-refractivity contribution in [1.29, 1.82) is 5.26 Å². The van der Waals surface area contributed by atoms with Crippen LogP contribution in [0, 0.1) is 24.2 Å². The molecule has 1 spiro atoms. The van der Waals surface area contributed by atoms with Crippen molar-refractivity contribution in [2.45, 2.75) is 146 Å². The Morgan fingerprint density at radius 2 is 1.90 bits per heavy atom. The van der Waals surface area contributed by atoms with Crippen LogP contribution in [0.2, 0.25) is 0 Å². The fourth-order valence-electron chi connectivity index (χ4n) is 10.4. The number of ether oxygens (including phenoxy) is 2. The van der Waals surface area contributed by atoms with Crippen molar-refractivity contribution in [2.24, 2.45) is 5.92 Å². The zero-order chi connectivity index (χ0) is 34.0. The number of nitrogens with zero attached hydrogens (tertiary/aromatic N) is 5. The summed E-state index contributed by atoms with van der Waals surface area (Å²) < 4.78 is 14.1. The molecule has 0 radical (unpaired) electrons. The number of rotatable bonds is 7. The molecule has 0 aromatic heterocycles. The van der Waals surface area contributed by atoms with E-state index >= 15 is 0 Å². The molecule has 4 aliphatic heterocycles. The van der Waals surface area contributed by atoms with Crippen LogP contribution in [0.1, 0.15) is 100 Å². The smallest absolute Gasteiger partial charge is 0.246 e. The van der Waals surface area contributed by atoms with Gasteiger partial charge in [0.05, 0.1) is 43.5 Å². The highest BCUT2D eigenvalue weighted by molar-refractivity contribution is 5.87. The van der Waals surface area contributed by atoms with E-state index in [1.165, 1.54) is 80.6 Å². The summed E-state index contributed by atoms with van der Waals surface area (Å²) in [6, 6.07) is 10.4. The number of hydrogen-bond acceptors (Lipinski definition) is 8. The number of amides is 1. The monoisotopic (exact) mass is 672 g/mol. The highest BCUT2D eigenvalue weighted by atomic mass is 16.5. The van der Waals surface area contributed by atoms with Crippen molar-refractivity contribution in [2.75, 3.05) is 39.8 Å². The first-order valence-corrected chi connectivity index (χ1v) is 19.5. The first-order valence-electron chi connectivity index (χ1n) is 19.5. The van der Waals surface area contributed by atoms with Crippen LogP contribution in [0.5, 0.6) is 0 Å². The molecule has 1 aromatic rings. The van der Waals surface area contributed by atoms with E-state index in [2.05, 4.69) is 64.8 Å². The fourth-order valence-corrected chi connectivity index (χ4v) is 10.4. The minimum absolute atomic E-state index is 0.0729. The number of benzene rings is 1. The SMILES string of the molecule is C=CC(=O)N1CCN(C2NC(OCC3CCCN3C)N(C3CCCCCCC3)C3C[C@]4(CCC23)Cc2cc(C)ccc2CO4)CC1CC#N. The van der Waals surface area contributed by atoms with Gasteiger partial charge in [-0.25, -0.2) is 0 Å². The van der Waals surface area contributed by atoms with E-state index < -0.39 is 0 Å². The average molecular weight is 673 g/mol. The minimum atomic E-state index is -0.180. The molecule has 2 aliphatic carbocycles. The molecule has 9 nitrogen and oxygen atoms in total. The fraction of sp³-hybridized carbons (Fsp3) is 0.750. The summed E-state index contributed by atoms with van der Waals surface area (Å²) in [5, 5.41) is 13.9. The molecule has 7 atom stereocenters. The molecule has 2 saturated carbocycles. The standard InChI is InChI=1S/C40H60N6O3/c1-4-37(47)45-22-21-44(26-33(45)17-19-41)38-35-16-18-40(24-31-23-29(2)14-15-30(31)27-49-40)25-36(35)46(32-11-8-6-5-7-9-12-32)39(42-38)48-28-34-13-10-20-43(34)3/h4,14-15,23,32-36,38-39,42H,1,5-13,16-18,20-22,24-28H2,2-3H3/t33?,34?,35?,36?,38?,39?,40-/m0/s1. The van der Waals surface area contributed by atoms with Gasteiger partial charge in [-0.2, -0.15) is 5.26 Å². The van der Waals surface area contributed by atoms with Crippen LogP contribution in [-0.4, -0.2) is 108 Å². The van der Waals surface area contributed by atoms with E-state index in [1.54, 1.807) is 0 Å². The minimum Gasteiger partial charge on any atom is -0.370 e. The number of carbonyl (C=O) groups excluding carboxylic acids is 1. The summed E-state index contributed by atoms with van der Waals surface area (Å²) in [5.41, 5.74) is 3.97. The molecule has 4 heterocycles. The predicted octanol–water partition coefficient (Wildman–Crippen LogP) is 5.33. The summed E-state index contributed by atoms with van der Waals surface area (Å²) in [6.45, 7) is 10.6. The van der Waals surface area contributed by atoms with E-state index in [0.717, 1.165) is 45.4 Å². The Hall–Kier alpha value is -2.32. The number of hydrogen-bond donors (Lipinski definition) is 1. The molecular weight excluding hydrogens is 612 g/mol. The zero-order valence-electron chi connectivity index (χ0n) is 30.2. The van der Waals surface area contributed by atoms with Gasteiger partial charge in [-0.05, 0) is 82.7 Å². The van der Waals surface area contributed by atoms with Gasteiger partial charge in [0.15, 0.2) is 6.35 Å². The summed E-state index contributed by atoms with van der Waals surface area (Å²) in [6.07, 6.45) is 17.2. The van der Waals surface area contributed by atoms with E-state index in [9.17, 15) is 10.1 Å². The summed E-state index contributed by atoms with van der Waals surface area (Å²) in [4.78, 5) is 22.5. The van der Waals surface area contributed by atoms with Gasteiger partial charge >= 0.3 is 0 Å². The number of likely N-dealkylation sites (N-methyl/N-ethyl adjacent to an activating group) is 1. The van der Waals surface area contributed by atoms with Crippen molar-refractivity contribution >= 4 is 5.91 Å².